The summed E-state index contributed by atoms with van der Waals surface area (Å²) in [5, 5.41) is 6.68. The van der Waals surface area contributed by atoms with Crippen molar-refractivity contribution in [3.63, 3.8) is 0 Å². The molecule has 0 spiro atoms. The number of hydrogen-bond acceptors (Lipinski definition) is 4. The highest BCUT2D eigenvalue weighted by molar-refractivity contribution is 7.12. The number of rotatable bonds is 4. The second-order valence-electron chi connectivity index (χ2n) is 4.45. The molecule has 0 saturated carbocycles. The van der Waals surface area contributed by atoms with Crippen LogP contribution in [0.4, 0.5) is 11.4 Å². The molecule has 3 N–H and O–H groups in total. The summed E-state index contributed by atoms with van der Waals surface area (Å²) in [7, 11) is 0. The van der Waals surface area contributed by atoms with E-state index in [-0.39, 0.29) is 5.91 Å². The van der Waals surface area contributed by atoms with Crippen LogP contribution in [-0.2, 0) is 0 Å². The van der Waals surface area contributed by atoms with E-state index in [1.165, 1.54) is 11.3 Å². The van der Waals surface area contributed by atoms with Crippen LogP contribution in [0.2, 0.25) is 0 Å². The number of aliphatic imine (C=N–C) groups is 1. The van der Waals surface area contributed by atoms with E-state index in [1.54, 1.807) is 17.4 Å². The van der Waals surface area contributed by atoms with Gasteiger partial charge in [0.1, 0.15) is 5.84 Å². The quantitative estimate of drug-likeness (QED) is 0.559. The molecule has 110 valence electrons. The zero-order chi connectivity index (χ0) is 15.4. The Kier molecular flexibility index (Phi) is 4.32. The van der Waals surface area contributed by atoms with Gasteiger partial charge in [0, 0.05) is 5.69 Å². The molecule has 3 aromatic rings. The van der Waals surface area contributed by atoms with Crippen molar-refractivity contribution < 1.29 is 4.79 Å². The number of hydrogen-bond donors (Lipinski definition) is 2. The Hall–Kier alpha value is -2.44. The average molecular weight is 327 g/mol. The van der Waals surface area contributed by atoms with Gasteiger partial charge in [-0.05, 0) is 47.2 Å². The fraction of sp³-hybridized carbons (Fsp3) is 0. The smallest absolute Gasteiger partial charge is 0.265 e. The summed E-state index contributed by atoms with van der Waals surface area (Å²) < 4.78 is 0. The first-order valence-corrected chi connectivity index (χ1v) is 8.31. The molecule has 0 aliphatic heterocycles. The van der Waals surface area contributed by atoms with Crippen LogP contribution in [0.15, 0.2) is 64.3 Å². The number of amides is 1. The third-order valence-corrected chi connectivity index (χ3v) is 4.65. The third kappa shape index (κ3) is 3.41. The zero-order valence-corrected chi connectivity index (χ0v) is 13.2. The van der Waals surface area contributed by atoms with Gasteiger partial charge in [0.15, 0.2) is 0 Å². The average Bonchev–Trinajstić information content (AvgIpc) is 3.23. The van der Waals surface area contributed by atoms with Crippen molar-refractivity contribution in [3.05, 3.63) is 69.0 Å². The van der Waals surface area contributed by atoms with Crippen LogP contribution in [0.25, 0.3) is 0 Å². The van der Waals surface area contributed by atoms with E-state index >= 15 is 0 Å². The molecule has 0 unspecified atom stereocenters. The van der Waals surface area contributed by atoms with Gasteiger partial charge >= 0.3 is 0 Å². The normalized spacial score (nSPS) is 11.4. The summed E-state index contributed by atoms with van der Waals surface area (Å²) in [6.45, 7) is 0. The van der Waals surface area contributed by atoms with Gasteiger partial charge in [-0.25, -0.2) is 4.99 Å². The fourth-order valence-corrected chi connectivity index (χ4v) is 3.08. The first kappa shape index (κ1) is 14.5. The number of thiophene rings is 2. The van der Waals surface area contributed by atoms with Crippen LogP contribution < -0.4 is 11.1 Å². The van der Waals surface area contributed by atoms with Crippen molar-refractivity contribution in [3.8, 4) is 0 Å². The molecule has 2 heterocycles. The van der Waals surface area contributed by atoms with Gasteiger partial charge < -0.3 is 11.1 Å². The molecular weight excluding hydrogens is 314 g/mol. The monoisotopic (exact) mass is 327 g/mol. The lowest BCUT2D eigenvalue weighted by atomic mass is 10.2. The maximum atomic E-state index is 11.9. The minimum Gasteiger partial charge on any atom is -0.383 e. The highest BCUT2D eigenvalue weighted by atomic mass is 32.1. The van der Waals surface area contributed by atoms with Gasteiger partial charge in [0.2, 0.25) is 0 Å². The van der Waals surface area contributed by atoms with E-state index < -0.39 is 0 Å². The molecule has 6 heteroatoms. The molecule has 0 atom stereocenters. The van der Waals surface area contributed by atoms with Gasteiger partial charge in [0.05, 0.1) is 15.4 Å². The summed E-state index contributed by atoms with van der Waals surface area (Å²) in [5.41, 5.74) is 7.43. The third-order valence-electron chi connectivity index (χ3n) is 2.89. The van der Waals surface area contributed by atoms with Crippen LogP contribution in [0, 0.1) is 0 Å². The van der Waals surface area contributed by atoms with E-state index in [4.69, 9.17) is 5.73 Å². The molecule has 0 aliphatic rings. The van der Waals surface area contributed by atoms with Crippen molar-refractivity contribution in [1.82, 2.24) is 0 Å². The molecule has 0 saturated heterocycles. The van der Waals surface area contributed by atoms with Gasteiger partial charge in [-0.3, -0.25) is 4.79 Å². The summed E-state index contributed by atoms with van der Waals surface area (Å²) in [6, 6.07) is 14.8. The lowest BCUT2D eigenvalue weighted by Gasteiger charge is -2.04. The SMILES string of the molecule is NC(=Nc1ccc(NC(=O)c2cccs2)cc1)c1cccs1. The van der Waals surface area contributed by atoms with Crippen LogP contribution >= 0.6 is 22.7 Å². The fourth-order valence-electron chi connectivity index (χ4n) is 1.84. The first-order valence-electron chi connectivity index (χ1n) is 6.55. The number of amidine groups is 1. The second kappa shape index (κ2) is 6.55. The summed E-state index contributed by atoms with van der Waals surface area (Å²) in [4.78, 5) is 17.9. The Balaban J connectivity index is 1.70. The lowest BCUT2D eigenvalue weighted by molar-refractivity contribution is 0.103. The number of nitrogens with one attached hydrogen (secondary N) is 1. The Morgan fingerprint density at radius 1 is 0.955 bits per heavy atom. The Labute approximate surface area is 136 Å². The van der Waals surface area contributed by atoms with Crippen LogP contribution in [0.5, 0.6) is 0 Å². The van der Waals surface area contributed by atoms with Crippen molar-refractivity contribution >= 4 is 45.8 Å². The molecule has 4 nitrogen and oxygen atoms in total. The standard InChI is InChI=1S/C16H13N3OS2/c17-15(13-3-1-9-21-13)18-11-5-7-12(8-6-11)19-16(20)14-4-2-10-22-14/h1-10H,(H2,17,18)(H,19,20). The molecule has 1 aromatic carbocycles. The van der Waals surface area contributed by atoms with Crippen molar-refractivity contribution in [2.75, 3.05) is 5.32 Å². The molecule has 0 fully saturated rings. The summed E-state index contributed by atoms with van der Waals surface area (Å²) in [5.74, 6) is 0.384. The number of anilines is 1. The highest BCUT2D eigenvalue weighted by Gasteiger charge is 2.06. The predicted octanol–water partition coefficient (Wildman–Crippen LogP) is 4.10. The maximum absolute atomic E-state index is 11.9. The van der Waals surface area contributed by atoms with Gasteiger partial charge in [0.25, 0.3) is 5.91 Å². The topological polar surface area (TPSA) is 67.5 Å². The minimum absolute atomic E-state index is 0.107. The largest absolute Gasteiger partial charge is 0.383 e. The van der Waals surface area contributed by atoms with Gasteiger partial charge in [-0.2, -0.15) is 0 Å². The van der Waals surface area contributed by atoms with Crippen LogP contribution in [0.3, 0.4) is 0 Å². The van der Waals surface area contributed by atoms with E-state index in [0.717, 1.165) is 16.3 Å². The first-order chi connectivity index (χ1) is 10.7. The van der Waals surface area contributed by atoms with Crippen molar-refractivity contribution in [2.24, 2.45) is 10.7 Å². The number of nitrogens with two attached hydrogens (primary N) is 1. The van der Waals surface area contributed by atoms with Gasteiger partial charge in [-0.1, -0.05) is 12.1 Å². The minimum atomic E-state index is -0.107. The zero-order valence-electron chi connectivity index (χ0n) is 11.5. The Morgan fingerprint density at radius 3 is 2.18 bits per heavy atom. The number of nitrogens with zero attached hydrogens (tertiary/aromatic N) is 1. The van der Waals surface area contributed by atoms with E-state index in [0.29, 0.717) is 10.7 Å². The summed E-state index contributed by atoms with van der Waals surface area (Å²) >= 11 is 2.96. The molecule has 0 radical (unpaired) electrons. The molecule has 0 bridgehead atoms. The molecular formula is C16H13N3OS2. The number of carbonyl (C=O) groups is 1. The molecule has 1 amide bonds. The molecule has 0 aliphatic carbocycles. The molecule has 22 heavy (non-hydrogen) atoms. The second-order valence-corrected chi connectivity index (χ2v) is 6.35. The maximum Gasteiger partial charge on any atom is 0.265 e. The lowest BCUT2D eigenvalue weighted by Crippen LogP contribution is -2.11. The molecule has 3 rings (SSSR count). The van der Waals surface area contributed by atoms with E-state index in [1.807, 2.05) is 53.2 Å². The van der Waals surface area contributed by atoms with Crippen LogP contribution in [-0.4, -0.2) is 11.7 Å². The van der Waals surface area contributed by atoms with E-state index in [9.17, 15) is 4.79 Å². The highest BCUT2D eigenvalue weighted by Crippen LogP contribution is 2.19. The number of benzene rings is 1. The Morgan fingerprint density at radius 2 is 1.59 bits per heavy atom. The van der Waals surface area contributed by atoms with Crippen molar-refractivity contribution in [1.29, 1.82) is 0 Å². The van der Waals surface area contributed by atoms with Crippen LogP contribution in [0.1, 0.15) is 14.5 Å². The van der Waals surface area contributed by atoms with Gasteiger partial charge in [-0.15, -0.1) is 22.7 Å². The molecule has 2 aromatic heterocycles. The predicted molar refractivity (Wildman–Crippen MR) is 93.4 cm³/mol. The summed E-state index contributed by atoms with van der Waals surface area (Å²) in [6.07, 6.45) is 0. The van der Waals surface area contributed by atoms with E-state index in [2.05, 4.69) is 10.3 Å². The Bertz CT molecular complexity index is 775. The number of carbonyl (C=O) groups excluding carboxylic acids is 1. The van der Waals surface area contributed by atoms with Crippen molar-refractivity contribution in [2.45, 2.75) is 0 Å².